The zero-order chi connectivity index (χ0) is 17.4. The maximum Gasteiger partial charge on any atom is 0.251 e. The fourth-order valence-electron chi connectivity index (χ4n) is 2.33. The first-order chi connectivity index (χ1) is 11.7. The molecule has 0 aliphatic carbocycles. The van der Waals surface area contributed by atoms with Crippen molar-refractivity contribution in [3.8, 4) is 11.5 Å². The molecule has 1 N–H and O–H groups in total. The van der Waals surface area contributed by atoms with Gasteiger partial charge in [-0.05, 0) is 49.6 Å². The molecule has 2 rings (SSSR count). The van der Waals surface area contributed by atoms with Crippen LogP contribution in [0.2, 0.25) is 0 Å². The van der Waals surface area contributed by atoms with Gasteiger partial charge < -0.3 is 14.8 Å². The van der Waals surface area contributed by atoms with Crippen LogP contribution in [0.25, 0.3) is 0 Å². The number of benzene rings is 2. The summed E-state index contributed by atoms with van der Waals surface area (Å²) in [5.41, 5.74) is 2.84. The summed E-state index contributed by atoms with van der Waals surface area (Å²) in [4.78, 5) is 12.4. The van der Waals surface area contributed by atoms with Gasteiger partial charge in [-0.1, -0.05) is 31.2 Å². The van der Waals surface area contributed by atoms with Gasteiger partial charge in [-0.3, -0.25) is 4.79 Å². The number of carbonyl (C=O) groups excluding carboxylic acids is 1. The van der Waals surface area contributed by atoms with Gasteiger partial charge in [-0.25, -0.2) is 0 Å². The number of nitrogens with one attached hydrogen (secondary N) is 1. The molecular formula is C20H25NO3. The Balaban J connectivity index is 2.08. The molecule has 0 saturated heterocycles. The molecule has 4 nitrogen and oxygen atoms in total. The van der Waals surface area contributed by atoms with Gasteiger partial charge in [0.1, 0.15) is 0 Å². The molecule has 0 aliphatic rings. The van der Waals surface area contributed by atoms with Crippen molar-refractivity contribution in [3.05, 3.63) is 59.2 Å². The molecule has 0 atom stereocenters. The first-order valence-corrected chi connectivity index (χ1v) is 8.38. The van der Waals surface area contributed by atoms with E-state index in [0.717, 1.165) is 17.5 Å². The Morgan fingerprint density at radius 3 is 2.54 bits per heavy atom. The highest BCUT2D eigenvalue weighted by atomic mass is 16.5. The normalized spacial score (nSPS) is 10.3. The minimum atomic E-state index is -0.124. The van der Waals surface area contributed by atoms with Gasteiger partial charge in [0, 0.05) is 12.1 Å². The molecule has 0 heterocycles. The van der Waals surface area contributed by atoms with Gasteiger partial charge in [0.05, 0.1) is 13.2 Å². The summed E-state index contributed by atoms with van der Waals surface area (Å²) >= 11 is 0. The van der Waals surface area contributed by atoms with Crippen molar-refractivity contribution in [2.24, 2.45) is 0 Å². The average Bonchev–Trinajstić information content (AvgIpc) is 2.60. The van der Waals surface area contributed by atoms with Crippen LogP contribution in [0.1, 0.15) is 41.8 Å². The summed E-state index contributed by atoms with van der Waals surface area (Å²) in [5, 5.41) is 2.95. The number of carbonyl (C=O) groups is 1. The Hall–Kier alpha value is -2.49. The van der Waals surface area contributed by atoms with E-state index in [9.17, 15) is 4.79 Å². The molecule has 24 heavy (non-hydrogen) atoms. The zero-order valence-electron chi connectivity index (χ0n) is 14.6. The summed E-state index contributed by atoms with van der Waals surface area (Å²) in [5.74, 6) is 1.16. The SMILES string of the molecule is CCCOc1ccc(C(=O)NCc2ccccc2C)cc1OCC. The molecule has 4 heteroatoms. The van der Waals surface area contributed by atoms with E-state index >= 15 is 0 Å². The van der Waals surface area contributed by atoms with E-state index in [1.54, 1.807) is 18.2 Å². The minimum absolute atomic E-state index is 0.124. The van der Waals surface area contributed by atoms with E-state index in [0.29, 0.717) is 36.8 Å². The summed E-state index contributed by atoms with van der Waals surface area (Å²) in [6.45, 7) is 7.65. The maximum absolute atomic E-state index is 12.4. The van der Waals surface area contributed by atoms with E-state index in [1.165, 1.54) is 0 Å². The number of hydrogen-bond donors (Lipinski definition) is 1. The van der Waals surface area contributed by atoms with Crippen LogP contribution in [-0.2, 0) is 6.54 Å². The Morgan fingerprint density at radius 1 is 1.04 bits per heavy atom. The lowest BCUT2D eigenvalue weighted by Gasteiger charge is -2.13. The second-order valence-electron chi connectivity index (χ2n) is 5.55. The third-order valence-corrected chi connectivity index (χ3v) is 3.67. The fraction of sp³-hybridized carbons (Fsp3) is 0.350. The van der Waals surface area contributed by atoms with E-state index in [2.05, 4.69) is 5.32 Å². The molecule has 128 valence electrons. The van der Waals surface area contributed by atoms with Gasteiger partial charge in [-0.15, -0.1) is 0 Å². The largest absolute Gasteiger partial charge is 0.490 e. The molecule has 2 aromatic rings. The van der Waals surface area contributed by atoms with Crippen molar-refractivity contribution in [1.82, 2.24) is 5.32 Å². The van der Waals surface area contributed by atoms with Crippen LogP contribution in [0.4, 0.5) is 0 Å². The van der Waals surface area contributed by atoms with Gasteiger partial charge in [-0.2, -0.15) is 0 Å². The van der Waals surface area contributed by atoms with Crippen molar-refractivity contribution in [2.75, 3.05) is 13.2 Å². The predicted molar refractivity (Wildman–Crippen MR) is 95.7 cm³/mol. The number of rotatable bonds is 8. The molecule has 2 aromatic carbocycles. The third-order valence-electron chi connectivity index (χ3n) is 3.67. The Labute approximate surface area is 143 Å². The summed E-state index contributed by atoms with van der Waals surface area (Å²) in [7, 11) is 0. The molecule has 0 spiro atoms. The highest BCUT2D eigenvalue weighted by Gasteiger charge is 2.12. The fourth-order valence-corrected chi connectivity index (χ4v) is 2.33. The van der Waals surface area contributed by atoms with Gasteiger partial charge in [0.25, 0.3) is 5.91 Å². The quantitative estimate of drug-likeness (QED) is 0.793. The lowest BCUT2D eigenvalue weighted by molar-refractivity contribution is 0.0950. The smallest absolute Gasteiger partial charge is 0.251 e. The van der Waals surface area contributed by atoms with Gasteiger partial charge in [0.15, 0.2) is 11.5 Å². The maximum atomic E-state index is 12.4. The lowest BCUT2D eigenvalue weighted by atomic mass is 10.1. The Kier molecular flexibility index (Phi) is 6.67. The van der Waals surface area contributed by atoms with Crippen LogP contribution in [0.15, 0.2) is 42.5 Å². The van der Waals surface area contributed by atoms with E-state index in [4.69, 9.17) is 9.47 Å². The molecule has 0 saturated carbocycles. The van der Waals surface area contributed by atoms with Crippen molar-refractivity contribution < 1.29 is 14.3 Å². The molecular weight excluding hydrogens is 302 g/mol. The van der Waals surface area contributed by atoms with Crippen LogP contribution >= 0.6 is 0 Å². The Bertz CT molecular complexity index is 682. The first kappa shape index (κ1) is 17.9. The van der Waals surface area contributed by atoms with Crippen LogP contribution in [0.3, 0.4) is 0 Å². The van der Waals surface area contributed by atoms with Crippen molar-refractivity contribution in [2.45, 2.75) is 33.7 Å². The average molecular weight is 327 g/mol. The van der Waals surface area contributed by atoms with E-state index in [1.807, 2.05) is 45.0 Å². The van der Waals surface area contributed by atoms with Crippen LogP contribution in [0, 0.1) is 6.92 Å². The second kappa shape index (κ2) is 8.96. The summed E-state index contributed by atoms with van der Waals surface area (Å²) in [6, 6.07) is 13.3. The molecule has 1 amide bonds. The first-order valence-electron chi connectivity index (χ1n) is 8.38. The summed E-state index contributed by atoms with van der Waals surface area (Å²) in [6.07, 6.45) is 0.921. The van der Waals surface area contributed by atoms with Crippen LogP contribution in [-0.4, -0.2) is 19.1 Å². The molecule has 0 bridgehead atoms. The Morgan fingerprint density at radius 2 is 1.83 bits per heavy atom. The second-order valence-corrected chi connectivity index (χ2v) is 5.55. The number of hydrogen-bond acceptors (Lipinski definition) is 3. The molecule has 0 aliphatic heterocycles. The zero-order valence-corrected chi connectivity index (χ0v) is 14.6. The number of ether oxygens (including phenoxy) is 2. The monoisotopic (exact) mass is 327 g/mol. The predicted octanol–water partition coefficient (Wildman–Crippen LogP) is 4.11. The molecule has 0 fully saturated rings. The number of amides is 1. The lowest BCUT2D eigenvalue weighted by Crippen LogP contribution is -2.23. The van der Waals surface area contributed by atoms with Crippen LogP contribution in [0.5, 0.6) is 11.5 Å². The van der Waals surface area contributed by atoms with Gasteiger partial charge in [0.2, 0.25) is 0 Å². The molecule has 0 aromatic heterocycles. The van der Waals surface area contributed by atoms with Crippen LogP contribution < -0.4 is 14.8 Å². The van der Waals surface area contributed by atoms with Gasteiger partial charge >= 0.3 is 0 Å². The van der Waals surface area contributed by atoms with Crippen molar-refractivity contribution in [3.63, 3.8) is 0 Å². The third kappa shape index (κ3) is 4.75. The van der Waals surface area contributed by atoms with E-state index < -0.39 is 0 Å². The highest BCUT2D eigenvalue weighted by Crippen LogP contribution is 2.28. The van der Waals surface area contributed by atoms with Crippen molar-refractivity contribution in [1.29, 1.82) is 0 Å². The van der Waals surface area contributed by atoms with Crippen molar-refractivity contribution >= 4 is 5.91 Å². The molecule has 0 unspecified atom stereocenters. The summed E-state index contributed by atoms with van der Waals surface area (Å²) < 4.78 is 11.3. The minimum Gasteiger partial charge on any atom is -0.490 e. The van der Waals surface area contributed by atoms with E-state index in [-0.39, 0.29) is 5.91 Å². The molecule has 0 radical (unpaired) electrons. The topological polar surface area (TPSA) is 47.6 Å². The highest BCUT2D eigenvalue weighted by molar-refractivity contribution is 5.94. The standard InChI is InChI=1S/C20H25NO3/c1-4-12-24-18-11-10-16(13-19(18)23-5-2)20(22)21-14-17-9-7-6-8-15(17)3/h6-11,13H,4-5,12,14H2,1-3H3,(H,21,22). The number of aryl methyl sites for hydroxylation is 1.